The lowest BCUT2D eigenvalue weighted by Gasteiger charge is -2.18. The van der Waals surface area contributed by atoms with E-state index in [9.17, 15) is 0 Å². The van der Waals surface area contributed by atoms with Gasteiger partial charge in [0.15, 0.2) is 0 Å². The van der Waals surface area contributed by atoms with Crippen LogP contribution in [0.5, 0.6) is 5.75 Å². The molecule has 1 heterocycles. The molecule has 0 aliphatic carbocycles. The van der Waals surface area contributed by atoms with Gasteiger partial charge >= 0.3 is 0 Å². The van der Waals surface area contributed by atoms with Crippen LogP contribution in [0.4, 0.5) is 5.69 Å². The van der Waals surface area contributed by atoms with Gasteiger partial charge in [-0.25, -0.2) is 4.98 Å². The van der Waals surface area contributed by atoms with Crippen LogP contribution in [0.2, 0.25) is 0 Å². The Morgan fingerprint density at radius 3 is 2.68 bits per heavy atom. The highest BCUT2D eigenvalue weighted by atomic mass is 32.1. The summed E-state index contributed by atoms with van der Waals surface area (Å²) in [6.07, 6.45) is 0. The van der Waals surface area contributed by atoms with Crippen molar-refractivity contribution in [1.82, 2.24) is 10.3 Å². The number of thiazole rings is 1. The molecular formula is C14H19N3OS. The van der Waals surface area contributed by atoms with Crippen LogP contribution in [-0.2, 0) is 13.1 Å². The molecule has 2 aromatic rings. The molecule has 0 aliphatic rings. The molecule has 0 radical (unpaired) electrons. The zero-order valence-corrected chi connectivity index (χ0v) is 12.3. The molecule has 102 valence electrons. The molecule has 4 nitrogen and oxygen atoms in total. The smallest absolute Gasteiger partial charge is 0.119 e. The van der Waals surface area contributed by atoms with E-state index in [0.717, 1.165) is 35.2 Å². The predicted molar refractivity (Wildman–Crippen MR) is 80.0 cm³/mol. The van der Waals surface area contributed by atoms with Gasteiger partial charge < -0.3 is 15.0 Å². The van der Waals surface area contributed by atoms with E-state index in [1.54, 1.807) is 18.4 Å². The molecule has 1 N–H and O–H groups in total. The fourth-order valence-corrected chi connectivity index (χ4v) is 2.62. The van der Waals surface area contributed by atoms with Crippen LogP contribution in [-0.4, -0.2) is 26.2 Å². The first kappa shape index (κ1) is 13.8. The van der Waals surface area contributed by atoms with Crippen molar-refractivity contribution in [2.75, 3.05) is 26.1 Å². The number of anilines is 1. The zero-order chi connectivity index (χ0) is 13.7. The Morgan fingerprint density at radius 1 is 1.32 bits per heavy atom. The van der Waals surface area contributed by atoms with Crippen LogP contribution in [0.15, 0.2) is 29.6 Å². The highest BCUT2D eigenvalue weighted by Gasteiger charge is 2.06. The second-order valence-corrected chi connectivity index (χ2v) is 5.26. The molecule has 0 spiro atoms. The Hall–Kier alpha value is -1.59. The molecule has 0 atom stereocenters. The van der Waals surface area contributed by atoms with Crippen LogP contribution in [0.1, 0.15) is 10.7 Å². The number of rotatable bonds is 6. The van der Waals surface area contributed by atoms with E-state index in [2.05, 4.69) is 39.8 Å². The van der Waals surface area contributed by atoms with Gasteiger partial charge in [-0.2, -0.15) is 0 Å². The highest BCUT2D eigenvalue weighted by Crippen LogP contribution is 2.20. The van der Waals surface area contributed by atoms with E-state index in [-0.39, 0.29) is 0 Å². The Labute approximate surface area is 118 Å². The van der Waals surface area contributed by atoms with Crippen LogP contribution in [0.3, 0.4) is 0 Å². The number of methoxy groups -OCH3 is 1. The standard InChI is InChI=1S/C14H19N3OS/c1-15-8-14-16-11(10-19-14)9-17(2)12-4-6-13(18-3)7-5-12/h4-7,10,15H,8-9H2,1-3H3. The monoisotopic (exact) mass is 277 g/mol. The van der Waals surface area contributed by atoms with Gasteiger partial charge in [0.25, 0.3) is 0 Å². The van der Waals surface area contributed by atoms with Gasteiger partial charge in [-0.3, -0.25) is 0 Å². The maximum absolute atomic E-state index is 5.16. The molecule has 0 unspecified atom stereocenters. The number of nitrogens with one attached hydrogen (secondary N) is 1. The van der Waals surface area contributed by atoms with Crippen molar-refractivity contribution in [3.63, 3.8) is 0 Å². The minimum absolute atomic E-state index is 0.812. The summed E-state index contributed by atoms with van der Waals surface area (Å²) >= 11 is 1.70. The molecule has 5 heteroatoms. The largest absolute Gasteiger partial charge is 0.497 e. The summed E-state index contributed by atoms with van der Waals surface area (Å²) in [7, 11) is 5.68. The van der Waals surface area contributed by atoms with E-state index >= 15 is 0 Å². The number of hydrogen-bond acceptors (Lipinski definition) is 5. The summed E-state index contributed by atoms with van der Waals surface area (Å²) in [5.74, 6) is 0.877. The predicted octanol–water partition coefficient (Wildman–Crippen LogP) is 2.51. The Balaban J connectivity index is 2.00. The van der Waals surface area contributed by atoms with E-state index in [0.29, 0.717) is 0 Å². The maximum Gasteiger partial charge on any atom is 0.119 e. The molecule has 1 aromatic heterocycles. The zero-order valence-electron chi connectivity index (χ0n) is 11.5. The van der Waals surface area contributed by atoms with Crippen molar-refractivity contribution < 1.29 is 4.74 Å². The van der Waals surface area contributed by atoms with Gasteiger partial charge in [-0.15, -0.1) is 11.3 Å². The van der Waals surface area contributed by atoms with Crippen LogP contribution in [0.25, 0.3) is 0 Å². The van der Waals surface area contributed by atoms with Crippen molar-refractivity contribution in [2.24, 2.45) is 0 Å². The Morgan fingerprint density at radius 2 is 2.05 bits per heavy atom. The van der Waals surface area contributed by atoms with Crippen molar-refractivity contribution in [1.29, 1.82) is 0 Å². The SMILES string of the molecule is CNCc1nc(CN(C)c2ccc(OC)cc2)cs1. The topological polar surface area (TPSA) is 37.4 Å². The summed E-state index contributed by atoms with van der Waals surface area (Å²) in [5, 5.41) is 6.36. The Kier molecular flexibility index (Phi) is 4.76. The molecule has 19 heavy (non-hydrogen) atoms. The number of nitrogens with zero attached hydrogens (tertiary/aromatic N) is 2. The third kappa shape index (κ3) is 3.68. The van der Waals surface area contributed by atoms with Gasteiger partial charge in [-0.1, -0.05) is 0 Å². The van der Waals surface area contributed by atoms with Crippen molar-refractivity contribution in [3.05, 3.63) is 40.3 Å². The molecule has 2 rings (SSSR count). The van der Waals surface area contributed by atoms with Gasteiger partial charge in [0.2, 0.25) is 0 Å². The summed E-state index contributed by atoms with van der Waals surface area (Å²) in [6, 6.07) is 8.05. The minimum Gasteiger partial charge on any atom is -0.497 e. The highest BCUT2D eigenvalue weighted by molar-refractivity contribution is 7.09. The molecular weight excluding hydrogens is 258 g/mol. The number of benzene rings is 1. The lowest BCUT2D eigenvalue weighted by atomic mass is 10.2. The molecule has 0 amide bonds. The summed E-state index contributed by atoms with van der Waals surface area (Å²) < 4.78 is 5.16. The third-order valence-corrected chi connectivity index (χ3v) is 3.74. The number of ether oxygens (including phenoxy) is 1. The normalized spacial score (nSPS) is 10.5. The molecule has 0 aliphatic heterocycles. The minimum atomic E-state index is 0.812. The first-order chi connectivity index (χ1) is 9.22. The fourth-order valence-electron chi connectivity index (χ4n) is 1.82. The van der Waals surface area contributed by atoms with Crippen LogP contribution in [0, 0.1) is 0 Å². The first-order valence-corrected chi connectivity index (χ1v) is 7.04. The molecule has 0 saturated heterocycles. The van der Waals surface area contributed by atoms with E-state index < -0.39 is 0 Å². The molecule has 0 bridgehead atoms. The summed E-state index contributed by atoms with van der Waals surface area (Å²) in [6.45, 7) is 1.64. The van der Waals surface area contributed by atoms with E-state index in [4.69, 9.17) is 4.74 Å². The van der Waals surface area contributed by atoms with E-state index in [1.807, 2.05) is 19.2 Å². The van der Waals surface area contributed by atoms with Crippen LogP contribution >= 0.6 is 11.3 Å². The quantitative estimate of drug-likeness (QED) is 0.880. The summed E-state index contributed by atoms with van der Waals surface area (Å²) in [4.78, 5) is 6.77. The van der Waals surface area contributed by atoms with Crippen LogP contribution < -0.4 is 15.0 Å². The van der Waals surface area contributed by atoms with Gasteiger partial charge in [-0.05, 0) is 31.3 Å². The number of aromatic nitrogens is 1. The van der Waals surface area contributed by atoms with E-state index in [1.165, 1.54) is 0 Å². The van der Waals surface area contributed by atoms with Gasteiger partial charge in [0, 0.05) is 24.7 Å². The number of hydrogen-bond donors (Lipinski definition) is 1. The molecule has 0 fully saturated rings. The fraction of sp³-hybridized carbons (Fsp3) is 0.357. The average Bonchev–Trinajstić information content (AvgIpc) is 2.86. The van der Waals surface area contributed by atoms with Crippen molar-refractivity contribution in [3.8, 4) is 5.75 Å². The van der Waals surface area contributed by atoms with Gasteiger partial charge in [0.1, 0.15) is 10.8 Å². The van der Waals surface area contributed by atoms with Gasteiger partial charge in [0.05, 0.1) is 19.3 Å². The lowest BCUT2D eigenvalue weighted by Crippen LogP contribution is -2.16. The van der Waals surface area contributed by atoms with Crippen molar-refractivity contribution in [2.45, 2.75) is 13.1 Å². The second kappa shape index (κ2) is 6.54. The lowest BCUT2D eigenvalue weighted by molar-refractivity contribution is 0.415. The maximum atomic E-state index is 5.16. The third-order valence-electron chi connectivity index (χ3n) is 2.84. The van der Waals surface area contributed by atoms with Crippen molar-refractivity contribution >= 4 is 17.0 Å². The second-order valence-electron chi connectivity index (χ2n) is 4.32. The molecule has 1 aromatic carbocycles. The molecule has 0 saturated carbocycles. The first-order valence-electron chi connectivity index (χ1n) is 6.16. The average molecular weight is 277 g/mol. The summed E-state index contributed by atoms with van der Waals surface area (Å²) in [5.41, 5.74) is 2.26. The Bertz CT molecular complexity index is 510.